The van der Waals surface area contributed by atoms with Crippen LogP contribution in [0.25, 0.3) is 6.08 Å². The Labute approximate surface area is 133 Å². The van der Waals surface area contributed by atoms with E-state index in [4.69, 9.17) is 4.74 Å². The van der Waals surface area contributed by atoms with Crippen LogP contribution in [-0.4, -0.2) is 14.1 Å². The van der Waals surface area contributed by atoms with Crippen LogP contribution in [0.2, 0.25) is 0 Å². The molecule has 82 valence electrons. The molecule has 0 aliphatic heterocycles. The van der Waals surface area contributed by atoms with Gasteiger partial charge in [0.2, 0.25) is 0 Å². The number of methoxy groups -OCH3 is 1. The summed E-state index contributed by atoms with van der Waals surface area (Å²) < 4.78 is 53.2. The molecule has 0 amide bonds. The third-order valence-electron chi connectivity index (χ3n) is 1.69. The summed E-state index contributed by atoms with van der Waals surface area (Å²) in [5, 5.41) is 0. The zero-order chi connectivity index (χ0) is 11.5. The first-order valence-corrected chi connectivity index (χ1v) is 4.15. The molecule has 0 aliphatic carbocycles. The minimum atomic E-state index is -4.99. The number of hydrogen-bond acceptors (Lipinski definition) is 1. The Bertz CT molecular complexity index is 378. The van der Waals surface area contributed by atoms with Crippen molar-refractivity contribution < 1.29 is 73.5 Å². The van der Waals surface area contributed by atoms with Gasteiger partial charge in [0, 0.05) is 11.6 Å². The molecule has 0 heterocycles. The first-order chi connectivity index (χ1) is 6.92. The Kier molecular flexibility index (Phi) is 6.88. The van der Waals surface area contributed by atoms with E-state index < -0.39 is 12.8 Å². The van der Waals surface area contributed by atoms with E-state index in [1.165, 1.54) is 13.2 Å². The average Bonchev–Trinajstić information content (AvgIpc) is 2.14. The van der Waals surface area contributed by atoms with E-state index in [-0.39, 0.29) is 68.7 Å². The Morgan fingerprint density at radius 1 is 1.25 bits per heavy atom. The molecule has 0 fully saturated rings. The molecular weight excluding hydrogens is 250 g/mol. The average molecular weight is 258 g/mol. The second-order valence-corrected chi connectivity index (χ2v) is 2.87. The summed E-state index contributed by atoms with van der Waals surface area (Å²) in [6, 6.07) is 3.33. The van der Waals surface area contributed by atoms with Gasteiger partial charge in [-0.3, -0.25) is 0 Å². The molecule has 0 bridgehead atoms. The fourth-order valence-electron chi connectivity index (χ4n) is 1.04. The predicted octanol–water partition coefficient (Wildman–Crippen LogP) is 0.238. The van der Waals surface area contributed by atoms with Gasteiger partial charge < -0.3 is 17.7 Å². The number of ether oxygens (including phenoxy) is 1. The fourth-order valence-corrected chi connectivity index (χ4v) is 1.04. The van der Waals surface area contributed by atoms with E-state index in [1.54, 1.807) is 0 Å². The molecule has 16 heavy (non-hydrogen) atoms. The smallest absolute Gasteiger partial charge is 0.496 e. The molecule has 1 nitrogen and oxygen atoms in total. The van der Waals surface area contributed by atoms with Gasteiger partial charge >= 0.3 is 58.4 Å². The van der Waals surface area contributed by atoms with Gasteiger partial charge in [-0.1, -0.05) is 6.08 Å². The standard InChI is InChI=1S/C9H8BF4O.K/c1-15-9-6-8(11)3-2-7(9)4-5-10(12,13)14;/h2-6H,1H3;/q-1;+1/b5-4+;. The molecule has 1 aromatic rings. The quantitative estimate of drug-likeness (QED) is 0.557. The fraction of sp³-hybridized carbons (Fsp3) is 0.111. The molecule has 7 heteroatoms. The molecule has 0 unspecified atom stereocenters. The van der Waals surface area contributed by atoms with Gasteiger partial charge in [0.1, 0.15) is 11.6 Å². The van der Waals surface area contributed by atoms with Gasteiger partial charge in [-0.05, 0) is 12.1 Å². The van der Waals surface area contributed by atoms with Crippen LogP contribution in [0.1, 0.15) is 5.56 Å². The van der Waals surface area contributed by atoms with E-state index in [1.807, 2.05) is 0 Å². The molecule has 0 radical (unpaired) electrons. The maximum absolute atomic E-state index is 12.7. The molecule has 0 saturated carbocycles. The molecule has 1 aromatic carbocycles. The van der Waals surface area contributed by atoms with Crippen LogP contribution in [0.3, 0.4) is 0 Å². The van der Waals surface area contributed by atoms with Crippen LogP contribution in [0.5, 0.6) is 5.75 Å². The summed E-state index contributed by atoms with van der Waals surface area (Å²) in [7, 11) is 1.27. The zero-order valence-electron chi connectivity index (χ0n) is 8.88. The van der Waals surface area contributed by atoms with Crippen LogP contribution in [0.4, 0.5) is 17.3 Å². The van der Waals surface area contributed by atoms with E-state index in [0.29, 0.717) is 0 Å². The minimum absolute atomic E-state index is 0. The Morgan fingerprint density at radius 3 is 2.38 bits per heavy atom. The molecule has 0 spiro atoms. The van der Waals surface area contributed by atoms with Crippen LogP contribution < -0.4 is 56.1 Å². The maximum atomic E-state index is 12.7. The number of hydrogen-bond donors (Lipinski definition) is 0. The van der Waals surface area contributed by atoms with E-state index in [2.05, 4.69) is 0 Å². The topological polar surface area (TPSA) is 9.23 Å². The first-order valence-electron chi connectivity index (χ1n) is 4.15. The third kappa shape index (κ3) is 5.49. The first kappa shape index (κ1) is 16.2. The Morgan fingerprint density at radius 2 is 1.88 bits per heavy atom. The third-order valence-corrected chi connectivity index (χ3v) is 1.69. The second kappa shape index (κ2) is 6.81. The monoisotopic (exact) mass is 258 g/mol. The van der Waals surface area contributed by atoms with Crippen molar-refractivity contribution in [3.05, 3.63) is 35.6 Å². The van der Waals surface area contributed by atoms with Crippen molar-refractivity contribution >= 4 is 13.1 Å². The molecule has 0 atom stereocenters. The summed E-state index contributed by atoms with van der Waals surface area (Å²) in [4.78, 5) is 0. The summed E-state index contributed by atoms with van der Waals surface area (Å²) >= 11 is 0. The van der Waals surface area contributed by atoms with Gasteiger partial charge in [0.15, 0.2) is 0 Å². The maximum Gasteiger partial charge on any atom is 1.00 e. The molecular formula is C9H8BF4KO. The molecule has 1 rings (SSSR count). The molecule has 0 N–H and O–H groups in total. The van der Waals surface area contributed by atoms with E-state index in [0.717, 1.165) is 18.2 Å². The zero-order valence-corrected chi connectivity index (χ0v) is 12.0. The van der Waals surface area contributed by atoms with Crippen molar-refractivity contribution in [2.45, 2.75) is 0 Å². The predicted molar refractivity (Wildman–Crippen MR) is 51.1 cm³/mol. The van der Waals surface area contributed by atoms with Crippen LogP contribution in [0.15, 0.2) is 24.2 Å². The van der Waals surface area contributed by atoms with Crippen molar-refractivity contribution in [3.63, 3.8) is 0 Å². The van der Waals surface area contributed by atoms with Crippen molar-refractivity contribution in [1.29, 1.82) is 0 Å². The largest absolute Gasteiger partial charge is 1.00 e. The molecule has 0 aromatic heterocycles. The van der Waals surface area contributed by atoms with Gasteiger partial charge in [0.05, 0.1) is 7.11 Å². The Balaban J connectivity index is 0.00000225. The van der Waals surface area contributed by atoms with Crippen molar-refractivity contribution in [3.8, 4) is 5.75 Å². The second-order valence-electron chi connectivity index (χ2n) is 2.87. The summed E-state index contributed by atoms with van der Waals surface area (Å²) in [6.45, 7) is -4.99. The summed E-state index contributed by atoms with van der Waals surface area (Å²) in [5.74, 6) is -0.344. The normalized spacial score (nSPS) is 11.3. The Hall–Kier alpha value is 0.181. The van der Waals surface area contributed by atoms with Crippen LogP contribution in [-0.2, 0) is 0 Å². The van der Waals surface area contributed by atoms with Gasteiger partial charge in [-0.15, -0.1) is 5.98 Å². The molecule has 0 saturated heterocycles. The minimum Gasteiger partial charge on any atom is -0.496 e. The van der Waals surface area contributed by atoms with Crippen molar-refractivity contribution in [2.24, 2.45) is 0 Å². The van der Waals surface area contributed by atoms with E-state index >= 15 is 0 Å². The van der Waals surface area contributed by atoms with Crippen LogP contribution >= 0.6 is 0 Å². The molecule has 0 aliphatic rings. The number of benzene rings is 1. The SMILES string of the molecule is COc1cc(F)ccc1/C=C/[B-](F)(F)F.[K+]. The van der Waals surface area contributed by atoms with Gasteiger partial charge in [-0.25, -0.2) is 4.39 Å². The summed E-state index contributed by atoms with van der Waals surface area (Å²) in [5.41, 5.74) is 0.193. The van der Waals surface area contributed by atoms with Crippen molar-refractivity contribution in [1.82, 2.24) is 0 Å². The van der Waals surface area contributed by atoms with Gasteiger partial charge in [0.25, 0.3) is 0 Å². The number of rotatable bonds is 3. The summed E-state index contributed by atoms with van der Waals surface area (Å²) in [6.07, 6.45) is 0.859. The van der Waals surface area contributed by atoms with Crippen molar-refractivity contribution in [2.75, 3.05) is 7.11 Å². The number of halogens is 4. The van der Waals surface area contributed by atoms with E-state index in [9.17, 15) is 17.3 Å². The van der Waals surface area contributed by atoms with Crippen LogP contribution in [0, 0.1) is 5.82 Å². The van der Waals surface area contributed by atoms with Gasteiger partial charge in [-0.2, -0.15) is 0 Å².